The molecule has 3 fully saturated rings. The predicted octanol–water partition coefficient (Wildman–Crippen LogP) is 4.97. The number of aliphatic hydroxyl groups excluding tert-OH is 2. The molecule has 3 aliphatic rings. The zero-order chi connectivity index (χ0) is 26.4. The maximum atomic E-state index is 10.3. The van der Waals surface area contributed by atoms with Gasteiger partial charge in [0.25, 0.3) is 0 Å². The van der Waals surface area contributed by atoms with Crippen molar-refractivity contribution in [1.29, 1.82) is 0 Å². The third kappa shape index (κ3) is 20.5. The maximum absolute atomic E-state index is 10.3. The second-order valence-electron chi connectivity index (χ2n) is 7.85. The van der Waals surface area contributed by atoms with Gasteiger partial charge in [-0.1, -0.05) is 0 Å². The Bertz CT molecular complexity index is 501. The van der Waals surface area contributed by atoms with Gasteiger partial charge in [-0.3, -0.25) is 9.59 Å². The Morgan fingerprint density at radius 1 is 0.472 bits per heavy atom. The average molecular weight is 657 g/mol. The highest BCUT2D eigenvalue weighted by Crippen LogP contribution is 2.31. The van der Waals surface area contributed by atoms with Gasteiger partial charge in [0, 0.05) is 23.0 Å². The van der Waals surface area contributed by atoms with Crippen molar-refractivity contribution in [3.05, 3.63) is 0 Å². The van der Waals surface area contributed by atoms with E-state index in [9.17, 15) is 19.8 Å². The molecule has 0 aromatic heterocycles. The lowest BCUT2D eigenvalue weighted by atomic mass is 10.5. The van der Waals surface area contributed by atoms with Crippen LogP contribution in [0.3, 0.4) is 0 Å². The first-order valence-corrected chi connectivity index (χ1v) is 20.8. The summed E-state index contributed by atoms with van der Waals surface area (Å²) < 4.78 is -0.391. The number of carboxylic acid groups (broad SMARTS) is 2. The third-order valence-electron chi connectivity index (χ3n) is 4.45. The lowest BCUT2D eigenvalue weighted by Crippen LogP contribution is -2.16. The van der Waals surface area contributed by atoms with E-state index in [1.807, 2.05) is 47.0 Å². The quantitative estimate of drug-likeness (QED) is 0.321. The van der Waals surface area contributed by atoms with Crippen LogP contribution in [0.2, 0.25) is 0 Å². The van der Waals surface area contributed by atoms with E-state index in [4.69, 9.17) is 10.2 Å². The third-order valence-corrected chi connectivity index (χ3v) is 15.0. The van der Waals surface area contributed by atoms with Crippen LogP contribution in [-0.4, -0.2) is 123 Å². The Morgan fingerprint density at radius 2 is 0.722 bits per heavy atom. The molecule has 0 amide bonds. The minimum atomic E-state index is -0.676. The fourth-order valence-electron chi connectivity index (χ4n) is 2.76. The molecule has 0 saturated carbocycles. The Balaban J connectivity index is 0.000000300. The second-order valence-corrected chi connectivity index (χ2v) is 17.9. The molecule has 14 heteroatoms. The van der Waals surface area contributed by atoms with Crippen molar-refractivity contribution < 1.29 is 30.0 Å². The molecule has 0 radical (unpaired) electrons. The molecule has 36 heavy (non-hydrogen) atoms. The van der Waals surface area contributed by atoms with Gasteiger partial charge < -0.3 is 20.4 Å². The highest BCUT2D eigenvalue weighted by atomic mass is 32.2. The summed E-state index contributed by atoms with van der Waals surface area (Å²) in [6.45, 7) is 0. The lowest BCUT2D eigenvalue weighted by molar-refractivity contribution is -0.135. The first kappa shape index (κ1) is 35.7. The largest absolute Gasteiger partial charge is 0.480 e. The van der Waals surface area contributed by atoms with Crippen LogP contribution in [-0.2, 0) is 9.59 Å². The monoisotopic (exact) mass is 656 g/mol. The molecule has 0 aromatic rings. The number of rotatable bonds is 2. The normalized spacial score (nSPS) is 26.4. The molecule has 6 nitrogen and oxygen atoms in total. The molecule has 0 spiro atoms. The van der Waals surface area contributed by atoms with Gasteiger partial charge in [-0.25, -0.2) is 0 Å². The van der Waals surface area contributed by atoms with Crippen molar-refractivity contribution in [3.63, 3.8) is 0 Å². The van der Waals surface area contributed by atoms with Crippen molar-refractivity contribution in [1.82, 2.24) is 0 Å². The molecule has 0 bridgehead atoms. The molecule has 3 rings (SSSR count). The summed E-state index contributed by atoms with van der Waals surface area (Å²) in [5, 5.41) is 36.5. The van der Waals surface area contributed by atoms with Crippen LogP contribution in [0.4, 0.5) is 0 Å². The average Bonchev–Trinajstić information content (AvgIpc) is 2.88. The highest BCUT2D eigenvalue weighted by molar-refractivity contribution is 8.19. The van der Waals surface area contributed by atoms with Crippen molar-refractivity contribution in [2.75, 3.05) is 69.0 Å². The van der Waals surface area contributed by atoms with Crippen LogP contribution >= 0.6 is 94.1 Å². The van der Waals surface area contributed by atoms with E-state index in [-0.39, 0.29) is 21.4 Å². The van der Waals surface area contributed by atoms with Gasteiger partial charge in [0.05, 0.1) is 12.2 Å². The van der Waals surface area contributed by atoms with Gasteiger partial charge >= 0.3 is 11.9 Å². The molecule has 0 unspecified atom stereocenters. The Hall–Kier alpha value is 1.66. The van der Waals surface area contributed by atoms with Gasteiger partial charge in [0.15, 0.2) is 0 Å². The van der Waals surface area contributed by atoms with E-state index < -0.39 is 11.9 Å². The van der Waals surface area contributed by atoms with Gasteiger partial charge in [-0.15, -0.1) is 47.0 Å². The predicted molar refractivity (Wildman–Crippen MR) is 172 cm³/mol. The molecular formula is C22H40O6S8. The number of hydrogen-bond acceptors (Lipinski definition) is 12. The first-order chi connectivity index (χ1) is 17.4. The van der Waals surface area contributed by atoms with Crippen LogP contribution in [0.15, 0.2) is 0 Å². The molecule has 0 aliphatic carbocycles. The van der Waals surface area contributed by atoms with E-state index in [1.54, 1.807) is 0 Å². The summed E-state index contributed by atoms with van der Waals surface area (Å²) in [6.07, 6.45) is 4.37. The summed E-state index contributed by atoms with van der Waals surface area (Å²) in [5.74, 6) is 10.6. The number of aliphatic carboxylic acids is 2. The van der Waals surface area contributed by atoms with Crippen molar-refractivity contribution in [3.8, 4) is 0 Å². The summed E-state index contributed by atoms with van der Waals surface area (Å²) in [4.78, 5) is 20.6. The number of aliphatic hydroxyl groups is 2. The fraction of sp³-hybridized carbons (Fsp3) is 0.909. The van der Waals surface area contributed by atoms with E-state index >= 15 is 0 Å². The zero-order valence-corrected chi connectivity index (χ0v) is 27.0. The Kier molecular flexibility index (Phi) is 24.2. The molecule has 3 aliphatic heterocycles. The summed E-state index contributed by atoms with van der Waals surface area (Å²) in [7, 11) is 0. The SMILES string of the molecule is O=C(O)C1SCCCS1.O=C(O)C1SCCCS1.OC1CSCCCSCC(O)CSCCCSC1. The van der Waals surface area contributed by atoms with Crippen LogP contribution in [0.5, 0.6) is 0 Å². The van der Waals surface area contributed by atoms with E-state index in [2.05, 4.69) is 0 Å². The fourth-order valence-corrected chi connectivity index (χ4v) is 12.0. The summed E-state index contributed by atoms with van der Waals surface area (Å²) >= 11 is 13.6. The van der Waals surface area contributed by atoms with Crippen molar-refractivity contribution >= 4 is 106 Å². The summed E-state index contributed by atoms with van der Waals surface area (Å²) in [5.41, 5.74) is 0. The minimum absolute atomic E-state index is 0.143. The zero-order valence-electron chi connectivity index (χ0n) is 20.5. The summed E-state index contributed by atoms with van der Waals surface area (Å²) in [6, 6.07) is 0. The molecule has 212 valence electrons. The van der Waals surface area contributed by atoms with Crippen molar-refractivity contribution in [2.45, 2.75) is 47.1 Å². The Morgan fingerprint density at radius 3 is 0.944 bits per heavy atom. The van der Waals surface area contributed by atoms with Gasteiger partial charge in [-0.05, 0) is 71.7 Å². The number of carboxylic acids is 2. The van der Waals surface area contributed by atoms with Crippen LogP contribution in [0.25, 0.3) is 0 Å². The van der Waals surface area contributed by atoms with E-state index in [0.29, 0.717) is 0 Å². The maximum Gasteiger partial charge on any atom is 0.326 e. The molecule has 3 heterocycles. The molecule has 0 aromatic carbocycles. The van der Waals surface area contributed by atoms with Crippen LogP contribution < -0.4 is 0 Å². The lowest BCUT2D eigenvalue weighted by Gasteiger charge is -2.15. The number of hydrogen-bond donors (Lipinski definition) is 4. The van der Waals surface area contributed by atoms with Gasteiger partial charge in [0.2, 0.25) is 0 Å². The van der Waals surface area contributed by atoms with E-state index in [0.717, 1.165) is 81.9 Å². The highest BCUT2D eigenvalue weighted by Gasteiger charge is 2.21. The van der Waals surface area contributed by atoms with Crippen molar-refractivity contribution in [2.24, 2.45) is 0 Å². The van der Waals surface area contributed by atoms with Crippen LogP contribution in [0, 0.1) is 0 Å². The molecule has 0 atom stereocenters. The van der Waals surface area contributed by atoms with E-state index in [1.165, 1.54) is 59.9 Å². The smallest absolute Gasteiger partial charge is 0.326 e. The second kappa shape index (κ2) is 24.5. The first-order valence-electron chi connectivity index (χ1n) is 12.0. The standard InChI is InChI=1S/C12H24O2S4.2C5H8O2S2/c13-11-7-15-3-1-4-16-8-12(14)10-18-6-2-5-17-9-11;2*6-4(7)5-8-2-1-3-9-5/h11-14H,1-10H2;2*5H,1-3H2,(H,6,7). The van der Waals surface area contributed by atoms with Gasteiger partial charge in [-0.2, -0.15) is 47.0 Å². The van der Waals surface area contributed by atoms with Gasteiger partial charge in [0.1, 0.15) is 9.16 Å². The van der Waals surface area contributed by atoms with Crippen LogP contribution in [0.1, 0.15) is 25.7 Å². The molecule has 4 N–H and O–H groups in total. The Labute approximate surface area is 250 Å². The molecular weight excluding hydrogens is 617 g/mol. The number of thioether (sulfide) groups is 8. The number of carbonyl (C=O) groups is 2. The topological polar surface area (TPSA) is 115 Å². The molecule has 3 saturated heterocycles. The minimum Gasteiger partial charge on any atom is -0.480 e.